The van der Waals surface area contributed by atoms with Crippen LogP contribution in [-0.2, 0) is 20.9 Å². The normalized spacial score (nSPS) is 24.7. The van der Waals surface area contributed by atoms with Crippen molar-refractivity contribution in [1.82, 2.24) is 4.90 Å². The number of ether oxygens (including phenoxy) is 1. The van der Waals surface area contributed by atoms with E-state index in [4.69, 9.17) is 4.74 Å². The molecule has 6 rings (SSSR count). The highest BCUT2D eigenvalue weighted by Crippen LogP contribution is 2.57. The van der Waals surface area contributed by atoms with Gasteiger partial charge < -0.3 is 4.74 Å². The zero-order valence-corrected chi connectivity index (χ0v) is 17.8. The molecule has 3 aromatic carbocycles. The van der Waals surface area contributed by atoms with Gasteiger partial charge in [0.25, 0.3) is 0 Å². The van der Waals surface area contributed by atoms with Gasteiger partial charge in [-0.1, -0.05) is 66.7 Å². The number of carbonyl (C=O) groups is 4. The molecule has 0 N–H and O–H groups in total. The number of benzene rings is 3. The Bertz CT molecular complexity index is 1330. The Morgan fingerprint density at radius 3 is 1.97 bits per heavy atom. The van der Waals surface area contributed by atoms with Crippen LogP contribution in [0, 0.1) is 17.7 Å². The molecule has 0 bridgehead atoms. The van der Waals surface area contributed by atoms with Gasteiger partial charge in [0.05, 0.1) is 24.5 Å². The van der Waals surface area contributed by atoms with Crippen molar-refractivity contribution in [2.24, 2.45) is 11.8 Å². The first-order chi connectivity index (χ1) is 16.4. The van der Waals surface area contributed by atoms with Crippen LogP contribution in [0.15, 0.2) is 78.9 Å². The Hall–Kier alpha value is -3.97. The summed E-state index contributed by atoms with van der Waals surface area (Å²) in [5.74, 6) is -5.21. The van der Waals surface area contributed by atoms with E-state index in [1.807, 2.05) is 6.07 Å². The first-order valence-electron chi connectivity index (χ1n) is 10.9. The molecule has 3 atom stereocenters. The van der Waals surface area contributed by atoms with Crippen LogP contribution in [0.3, 0.4) is 0 Å². The van der Waals surface area contributed by atoms with Crippen LogP contribution in [-0.4, -0.2) is 33.9 Å². The second-order valence-electron chi connectivity index (χ2n) is 8.78. The fourth-order valence-electron chi connectivity index (χ4n) is 5.45. The van der Waals surface area contributed by atoms with E-state index in [9.17, 15) is 23.6 Å². The minimum atomic E-state index is -2.12. The van der Waals surface area contributed by atoms with Crippen molar-refractivity contribution in [3.8, 4) is 0 Å². The lowest BCUT2D eigenvalue weighted by Gasteiger charge is -2.27. The van der Waals surface area contributed by atoms with Gasteiger partial charge in [0.15, 0.2) is 0 Å². The van der Waals surface area contributed by atoms with Crippen molar-refractivity contribution in [3.63, 3.8) is 0 Å². The van der Waals surface area contributed by atoms with E-state index in [1.54, 1.807) is 36.4 Å². The molecule has 3 aliphatic rings. The first-order valence-corrected chi connectivity index (χ1v) is 10.9. The van der Waals surface area contributed by atoms with Crippen LogP contribution in [0.5, 0.6) is 0 Å². The van der Waals surface area contributed by atoms with Crippen LogP contribution < -0.4 is 0 Å². The number of amides is 2. The highest BCUT2D eigenvalue weighted by Gasteiger charge is 2.74. The topological polar surface area (TPSA) is 80.8 Å². The molecule has 3 aromatic rings. The Morgan fingerprint density at radius 2 is 1.35 bits per heavy atom. The van der Waals surface area contributed by atoms with Crippen molar-refractivity contribution in [1.29, 1.82) is 0 Å². The van der Waals surface area contributed by atoms with E-state index >= 15 is 0 Å². The third-order valence-electron chi connectivity index (χ3n) is 6.99. The number of likely N-dealkylation sites (tertiary alicyclic amines) is 1. The average molecular weight is 455 g/mol. The maximum atomic E-state index is 13.7. The molecular formula is C27H18FNO5. The van der Waals surface area contributed by atoms with E-state index in [-0.39, 0.29) is 17.7 Å². The number of hydrogen-bond donors (Lipinski definition) is 0. The highest BCUT2D eigenvalue weighted by atomic mass is 19.1. The predicted octanol–water partition coefficient (Wildman–Crippen LogP) is 3.52. The van der Waals surface area contributed by atoms with Gasteiger partial charge in [0.1, 0.15) is 5.82 Å². The smallest absolute Gasteiger partial charge is 0.237 e. The zero-order valence-electron chi connectivity index (χ0n) is 17.8. The molecule has 0 saturated carbocycles. The molecule has 34 heavy (non-hydrogen) atoms. The van der Waals surface area contributed by atoms with Gasteiger partial charge >= 0.3 is 0 Å². The molecule has 7 heteroatoms. The van der Waals surface area contributed by atoms with Crippen LogP contribution >= 0.6 is 0 Å². The van der Waals surface area contributed by atoms with Gasteiger partial charge in [-0.05, 0) is 23.3 Å². The quantitative estimate of drug-likeness (QED) is 0.446. The fourth-order valence-corrected chi connectivity index (χ4v) is 5.45. The molecule has 1 spiro atoms. The summed E-state index contributed by atoms with van der Waals surface area (Å²) in [6.07, 6.45) is -1.05. The molecule has 2 fully saturated rings. The van der Waals surface area contributed by atoms with Gasteiger partial charge in [-0.25, -0.2) is 4.39 Å². The minimum Gasteiger partial charge on any atom is -0.349 e. The molecule has 2 saturated heterocycles. The molecule has 6 nitrogen and oxygen atoms in total. The predicted molar refractivity (Wildman–Crippen MR) is 117 cm³/mol. The molecule has 1 aliphatic carbocycles. The standard InChI is InChI=1S/C27H18FNO5/c28-17-12-10-16(11-13-17)22-20-21(26(33)29(25(20)32)14-15-6-2-1-3-7-15)27(34-22)23(30)18-8-4-5-9-19(18)24(27)31/h1-13,20-22H,14H2/t20-,21-,22-/m0/s1. The number of fused-ring (bicyclic) bond motifs is 3. The summed E-state index contributed by atoms with van der Waals surface area (Å²) in [5.41, 5.74) is -0.608. The van der Waals surface area contributed by atoms with Crippen LogP contribution in [0.2, 0.25) is 0 Å². The summed E-state index contributed by atoms with van der Waals surface area (Å²) in [4.78, 5) is 55.7. The minimum absolute atomic E-state index is 0.0209. The number of imide groups is 1. The highest BCUT2D eigenvalue weighted by molar-refractivity contribution is 6.35. The van der Waals surface area contributed by atoms with E-state index in [0.29, 0.717) is 5.56 Å². The molecule has 2 heterocycles. The monoisotopic (exact) mass is 455 g/mol. The Labute approximate surface area is 193 Å². The van der Waals surface area contributed by atoms with Crippen LogP contribution in [0.25, 0.3) is 0 Å². The van der Waals surface area contributed by atoms with Crippen molar-refractivity contribution >= 4 is 23.4 Å². The summed E-state index contributed by atoms with van der Waals surface area (Å²) < 4.78 is 19.8. The first kappa shape index (κ1) is 20.6. The summed E-state index contributed by atoms with van der Waals surface area (Å²) in [6.45, 7) is 0.0209. The zero-order chi connectivity index (χ0) is 23.6. The number of nitrogens with zero attached hydrogens (tertiary/aromatic N) is 1. The van der Waals surface area contributed by atoms with E-state index < -0.39 is 52.7 Å². The van der Waals surface area contributed by atoms with Gasteiger partial charge in [-0.3, -0.25) is 24.1 Å². The number of ketones is 2. The summed E-state index contributed by atoms with van der Waals surface area (Å²) in [7, 11) is 0. The summed E-state index contributed by atoms with van der Waals surface area (Å²) in [5, 5.41) is 0. The largest absolute Gasteiger partial charge is 0.349 e. The summed E-state index contributed by atoms with van der Waals surface area (Å²) in [6, 6.07) is 20.7. The van der Waals surface area contributed by atoms with Gasteiger partial charge in [-0.2, -0.15) is 0 Å². The second-order valence-corrected chi connectivity index (χ2v) is 8.78. The molecule has 2 aliphatic heterocycles. The lowest BCUT2D eigenvalue weighted by atomic mass is 9.77. The molecule has 0 unspecified atom stereocenters. The van der Waals surface area contributed by atoms with E-state index in [2.05, 4.69) is 0 Å². The molecule has 0 aromatic heterocycles. The molecule has 0 radical (unpaired) electrons. The van der Waals surface area contributed by atoms with Crippen molar-refractivity contribution in [2.75, 3.05) is 0 Å². The number of halogens is 1. The lowest BCUT2D eigenvalue weighted by Crippen LogP contribution is -2.50. The third kappa shape index (κ3) is 2.64. The maximum absolute atomic E-state index is 13.7. The second kappa shape index (κ2) is 7.27. The Morgan fingerprint density at radius 1 is 0.765 bits per heavy atom. The van der Waals surface area contributed by atoms with E-state index in [0.717, 1.165) is 10.5 Å². The van der Waals surface area contributed by atoms with E-state index in [1.165, 1.54) is 36.4 Å². The van der Waals surface area contributed by atoms with Crippen LogP contribution in [0.4, 0.5) is 4.39 Å². The number of carbonyl (C=O) groups excluding carboxylic acids is 4. The number of rotatable bonds is 3. The van der Waals surface area contributed by atoms with Crippen molar-refractivity contribution in [2.45, 2.75) is 18.2 Å². The lowest BCUT2D eigenvalue weighted by molar-refractivity contribution is -0.145. The Balaban J connectivity index is 1.49. The fraction of sp³-hybridized carbons (Fsp3) is 0.185. The van der Waals surface area contributed by atoms with Gasteiger partial charge in [0.2, 0.25) is 29.0 Å². The molecule has 168 valence electrons. The summed E-state index contributed by atoms with van der Waals surface area (Å²) >= 11 is 0. The average Bonchev–Trinajstić information content (AvgIpc) is 3.41. The maximum Gasteiger partial charge on any atom is 0.237 e. The van der Waals surface area contributed by atoms with Crippen molar-refractivity contribution < 1.29 is 28.3 Å². The third-order valence-corrected chi connectivity index (χ3v) is 6.99. The van der Waals surface area contributed by atoms with Gasteiger partial charge in [0, 0.05) is 11.1 Å². The van der Waals surface area contributed by atoms with Gasteiger partial charge in [-0.15, -0.1) is 0 Å². The van der Waals surface area contributed by atoms with Crippen LogP contribution in [0.1, 0.15) is 37.9 Å². The molecule has 2 amide bonds. The van der Waals surface area contributed by atoms with Crippen molar-refractivity contribution in [3.05, 3.63) is 107 Å². The Kier molecular flexibility index (Phi) is 4.41. The SMILES string of the molecule is O=C1[C@H]2[C@@H](C(=O)N1Cc1ccccc1)C1(O[C@H]2c2ccc(F)cc2)C(=O)c2ccccc2C1=O. The molecular weight excluding hydrogens is 437 g/mol. The number of Topliss-reactive ketones (excluding diaryl/α,β-unsaturated/α-hetero) is 2. The number of hydrogen-bond acceptors (Lipinski definition) is 5.